The number of halogens is 2. The number of amides is 2. The number of carbonyl (C=O) groups is 2. The fraction of sp³-hybridized carbons (Fsp3) is 0.120. The van der Waals surface area contributed by atoms with E-state index in [2.05, 4.69) is 5.43 Å². The minimum Gasteiger partial charge on any atom is -0.494 e. The summed E-state index contributed by atoms with van der Waals surface area (Å²) in [5.74, 6) is -0.382. The van der Waals surface area contributed by atoms with Gasteiger partial charge in [-0.3, -0.25) is 15.0 Å². The van der Waals surface area contributed by atoms with E-state index in [1.807, 2.05) is 0 Å². The maximum Gasteiger partial charge on any atom is 0.282 e. The number of nitrogens with zero attached hydrogens (tertiary/aromatic N) is 1. The molecule has 7 nitrogen and oxygen atoms in total. The molecule has 3 aromatic rings. The summed E-state index contributed by atoms with van der Waals surface area (Å²) in [5, 5.41) is 1.47. The van der Waals surface area contributed by atoms with Crippen LogP contribution in [-0.4, -0.2) is 26.0 Å². The maximum atomic E-state index is 13.9. The molecule has 0 atom stereocenters. The zero-order valence-electron chi connectivity index (χ0n) is 18.3. The van der Waals surface area contributed by atoms with Crippen LogP contribution in [0.15, 0.2) is 66.2 Å². The van der Waals surface area contributed by atoms with Crippen LogP contribution in [0, 0.1) is 5.82 Å². The second-order valence-corrected chi connectivity index (χ2v) is 7.68. The maximum absolute atomic E-state index is 13.9. The third-order valence-corrected chi connectivity index (χ3v) is 5.35. The highest BCUT2D eigenvalue weighted by molar-refractivity contribution is 6.33. The van der Waals surface area contributed by atoms with E-state index in [0.29, 0.717) is 39.1 Å². The van der Waals surface area contributed by atoms with Crippen molar-refractivity contribution in [1.82, 2.24) is 5.43 Å². The average Bonchev–Trinajstić information content (AvgIpc) is 3.12. The van der Waals surface area contributed by atoms with Crippen molar-refractivity contribution >= 4 is 35.2 Å². The van der Waals surface area contributed by atoms with Gasteiger partial charge < -0.3 is 14.2 Å². The van der Waals surface area contributed by atoms with Crippen molar-refractivity contribution in [3.05, 3.63) is 88.2 Å². The number of hydrogen-bond donors (Lipinski definition) is 1. The Morgan fingerprint density at radius 1 is 0.971 bits per heavy atom. The molecule has 2 amide bonds. The average molecular weight is 483 g/mol. The number of anilines is 1. The molecule has 0 aliphatic carbocycles. The van der Waals surface area contributed by atoms with Crippen molar-refractivity contribution in [2.45, 2.75) is 6.61 Å². The topological polar surface area (TPSA) is 77.1 Å². The minimum absolute atomic E-state index is 0.0147. The lowest BCUT2D eigenvalue weighted by Gasteiger charge is -2.18. The first kappa shape index (κ1) is 23.1. The zero-order valence-corrected chi connectivity index (χ0v) is 19.1. The van der Waals surface area contributed by atoms with Gasteiger partial charge in [0.15, 0.2) is 11.5 Å². The number of methoxy groups -OCH3 is 2. The van der Waals surface area contributed by atoms with Crippen LogP contribution < -0.4 is 24.6 Å². The highest BCUT2D eigenvalue weighted by atomic mass is 35.5. The lowest BCUT2D eigenvalue weighted by Crippen LogP contribution is -2.36. The number of rotatable bonds is 7. The van der Waals surface area contributed by atoms with Crippen molar-refractivity contribution in [3.8, 4) is 17.2 Å². The number of benzene rings is 3. The Morgan fingerprint density at radius 2 is 1.71 bits per heavy atom. The molecule has 0 bridgehead atoms. The Kier molecular flexibility index (Phi) is 6.70. The SMILES string of the molecule is COc1cc(/C=C2\C(=O)NN(c3cc(Cl)ccc3OC)C2=O)ccc1OCc1ccccc1F. The van der Waals surface area contributed by atoms with E-state index < -0.39 is 11.8 Å². The fourth-order valence-corrected chi connectivity index (χ4v) is 3.56. The molecular formula is C25H20ClFN2O5. The molecule has 34 heavy (non-hydrogen) atoms. The molecule has 0 saturated carbocycles. The lowest BCUT2D eigenvalue weighted by molar-refractivity contribution is -0.117. The standard InChI is InChI=1S/C25H20ClFN2O5/c1-32-21-10-8-17(26)13-20(21)29-25(31)18(24(30)28-29)11-15-7-9-22(23(12-15)33-2)34-14-16-5-3-4-6-19(16)27/h3-13H,14H2,1-2H3,(H,28,30)/b18-11+. The van der Waals surface area contributed by atoms with E-state index in [4.69, 9.17) is 25.8 Å². The Labute approximate surface area is 200 Å². The third-order valence-electron chi connectivity index (χ3n) is 5.11. The molecule has 0 radical (unpaired) electrons. The molecule has 1 heterocycles. The van der Waals surface area contributed by atoms with Crippen molar-refractivity contribution in [2.75, 3.05) is 19.2 Å². The molecule has 1 fully saturated rings. The van der Waals surface area contributed by atoms with Gasteiger partial charge in [-0.05, 0) is 48.0 Å². The first-order chi connectivity index (χ1) is 16.4. The van der Waals surface area contributed by atoms with Crippen LogP contribution in [0.5, 0.6) is 17.2 Å². The number of nitrogens with one attached hydrogen (secondary N) is 1. The van der Waals surface area contributed by atoms with Crippen LogP contribution in [0.1, 0.15) is 11.1 Å². The van der Waals surface area contributed by atoms with Crippen molar-refractivity contribution < 1.29 is 28.2 Å². The monoisotopic (exact) mass is 482 g/mol. The number of carbonyl (C=O) groups excluding carboxylic acids is 2. The molecule has 1 saturated heterocycles. The second-order valence-electron chi connectivity index (χ2n) is 7.25. The molecule has 174 valence electrons. The summed E-state index contributed by atoms with van der Waals surface area (Å²) < 4.78 is 30.2. The summed E-state index contributed by atoms with van der Waals surface area (Å²) in [5.41, 5.74) is 3.69. The Morgan fingerprint density at radius 3 is 2.44 bits per heavy atom. The first-order valence-electron chi connectivity index (χ1n) is 10.2. The van der Waals surface area contributed by atoms with Gasteiger partial charge in [0, 0.05) is 10.6 Å². The molecule has 9 heteroatoms. The molecule has 1 aliphatic heterocycles. The predicted molar refractivity (Wildman–Crippen MR) is 125 cm³/mol. The smallest absolute Gasteiger partial charge is 0.282 e. The fourth-order valence-electron chi connectivity index (χ4n) is 3.40. The minimum atomic E-state index is -0.578. The summed E-state index contributed by atoms with van der Waals surface area (Å²) in [6, 6.07) is 16.0. The van der Waals surface area contributed by atoms with Crippen LogP contribution in [0.2, 0.25) is 5.02 Å². The van der Waals surface area contributed by atoms with Crippen LogP contribution in [0.4, 0.5) is 10.1 Å². The summed E-state index contributed by atoms with van der Waals surface area (Å²) in [6.45, 7) is 0.0147. The largest absolute Gasteiger partial charge is 0.494 e. The van der Waals surface area contributed by atoms with Gasteiger partial charge in [0.05, 0.1) is 14.2 Å². The van der Waals surface area contributed by atoms with E-state index in [1.54, 1.807) is 48.5 Å². The van der Waals surface area contributed by atoms with Crippen molar-refractivity contribution in [2.24, 2.45) is 0 Å². The van der Waals surface area contributed by atoms with E-state index in [-0.39, 0.29) is 18.0 Å². The second kappa shape index (κ2) is 9.84. The molecule has 1 N–H and O–H groups in total. The van der Waals surface area contributed by atoms with Gasteiger partial charge in [0.2, 0.25) is 0 Å². The number of hydrogen-bond acceptors (Lipinski definition) is 5. The quantitative estimate of drug-likeness (QED) is 0.395. The molecule has 0 spiro atoms. The number of ether oxygens (including phenoxy) is 3. The Balaban J connectivity index is 1.58. The van der Waals surface area contributed by atoms with Gasteiger partial charge in [-0.25, -0.2) is 9.40 Å². The molecule has 1 aliphatic rings. The van der Waals surface area contributed by atoms with Crippen LogP contribution in [-0.2, 0) is 16.2 Å². The van der Waals surface area contributed by atoms with Crippen molar-refractivity contribution in [1.29, 1.82) is 0 Å². The third kappa shape index (κ3) is 4.67. The van der Waals surface area contributed by atoms with Crippen molar-refractivity contribution in [3.63, 3.8) is 0 Å². The van der Waals surface area contributed by atoms with Gasteiger partial charge in [0.1, 0.15) is 29.4 Å². The Hall–Kier alpha value is -4.04. The van der Waals surface area contributed by atoms with E-state index in [1.165, 1.54) is 32.4 Å². The molecule has 0 unspecified atom stereocenters. The Bertz CT molecular complexity index is 1290. The van der Waals surface area contributed by atoms with Gasteiger partial charge in [-0.1, -0.05) is 35.9 Å². The van der Waals surface area contributed by atoms with E-state index >= 15 is 0 Å². The summed E-state index contributed by atoms with van der Waals surface area (Å²) in [6.07, 6.45) is 1.44. The summed E-state index contributed by atoms with van der Waals surface area (Å²) in [4.78, 5) is 25.6. The lowest BCUT2D eigenvalue weighted by atomic mass is 10.1. The van der Waals surface area contributed by atoms with Crippen LogP contribution >= 0.6 is 11.6 Å². The van der Waals surface area contributed by atoms with Gasteiger partial charge in [0.25, 0.3) is 11.8 Å². The zero-order chi connectivity index (χ0) is 24.2. The van der Waals surface area contributed by atoms with E-state index in [0.717, 1.165) is 5.01 Å². The highest BCUT2D eigenvalue weighted by Crippen LogP contribution is 2.34. The molecule has 4 rings (SSSR count). The molecular weight excluding hydrogens is 463 g/mol. The van der Waals surface area contributed by atoms with Gasteiger partial charge in [-0.2, -0.15) is 0 Å². The normalized spacial score (nSPS) is 14.4. The molecule has 0 aromatic heterocycles. The summed E-state index contributed by atoms with van der Waals surface area (Å²) >= 11 is 6.06. The van der Waals surface area contributed by atoms with Gasteiger partial charge in [-0.15, -0.1) is 0 Å². The number of hydrazine groups is 1. The highest BCUT2D eigenvalue weighted by Gasteiger charge is 2.36. The van der Waals surface area contributed by atoms with Crippen LogP contribution in [0.3, 0.4) is 0 Å². The predicted octanol–water partition coefficient (Wildman–Crippen LogP) is 4.54. The molecule has 3 aromatic carbocycles. The summed E-state index contributed by atoms with van der Waals surface area (Å²) in [7, 11) is 2.91. The first-order valence-corrected chi connectivity index (χ1v) is 10.5. The van der Waals surface area contributed by atoms with E-state index in [9.17, 15) is 14.0 Å². The van der Waals surface area contributed by atoms with Crippen LogP contribution in [0.25, 0.3) is 6.08 Å². The van der Waals surface area contributed by atoms with Gasteiger partial charge >= 0.3 is 0 Å².